The van der Waals surface area contributed by atoms with Crippen molar-refractivity contribution in [3.63, 3.8) is 0 Å². The lowest BCUT2D eigenvalue weighted by Crippen LogP contribution is -2.37. The van der Waals surface area contributed by atoms with E-state index in [1.54, 1.807) is 6.07 Å². The van der Waals surface area contributed by atoms with Crippen LogP contribution in [0.4, 0.5) is 10.1 Å². The van der Waals surface area contributed by atoms with Crippen LogP contribution < -0.4 is 10.6 Å². The standard InChI is InChI=1S/C15H24FN3/c1-11(17)12-6-7-15(14(16)9-12)19(3)10-13-5-4-8-18(13)2/h6-7,9,11,13H,4-5,8,10,17H2,1-3H3/t11-,13?/m0/s1. The van der Waals surface area contributed by atoms with E-state index in [4.69, 9.17) is 5.73 Å². The summed E-state index contributed by atoms with van der Waals surface area (Å²) in [5.41, 5.74) is 7.27. The highest BCUT2D eigenvalue weighted by atomic mass is 19.1. The molecule has 2 atom stereocenters. The average Bonchev–Trinajstić information content (AvgIpc) is 2.74. The summed E-state index contributed by atoms with van der Waals surface area (Å²) in [6.45, 7) is 3.88. The number of rotatable bonds is 4. The molecule has 1 unspecified atom stereocenters. The van der Waals surface area contributed by atoms with Gasteiger partial charge in [-0.05, 0) is 51.1 Å². The van der Waals surface area contributed by atoms with Crippen molar-refractivity contribution in [3.05, 3.63) is 29.6 Å². The molecule has 1 aliphatic heterocycles. The fraction of sp³-hybridized carbons (Fsp3) is 0.600. The van der Waals surface area contributed by atoms with Crippen LogP contribution in [0.15, 0.2) is 18.2 Å². The highest BCUT2D eigenvalue weighted by Crippen LogP contribution is 2.24. The van der Waals surface area contributed by atoms with E-state index in [1.165, 1.54) is 12.8 Å². The monoisotopic (exact) mass is 265 g/mol. The molecule has 19 heavy (non-hydrogen) atoms. The Morgan fingerprint density at radius 3 is 2.79 bits per heavy atom. The van der Waals surface area contributed by atoms with E-state index in [0.29, 0.717) is 11.7 Å². The van der Waals surface area contributed by atoms with Gasteiger partial charge in [0.2, 0.25) is 0 Å². The van der Waals surface area contributed by atoms with Crippen molar-refractivity contribution < 1.29 is 4.39 Å². The van der Waals surface area contributed by atoms with Crippen LogP contribution >= 0.6 is 0 Å². The molecule has 0 spiro atoms. The van der Waals surface area contributed by atoms with E-state index in [-0.39, 0.29) is 11.9 Å². The fourth-order valence-electron chi connectivity index (χ4n) is 2.74. The highest BCUT2D eigenvalue weighted by molar-refractivity contribution is 5.49. The number of hydrogen-bond donors (Lipinski definition) is 1. The molecule has 2 N–H and O–H groups in total. The van der Waals surface area contributed by atoms with Gasteiger partial charge in [0.1, 0.15) is 5.82 Å². The molecule has 0 aromatic heterocycles. The molecule has 0 amide bonds. The first kappa shape index (κ1) is 14.3. The number of anilines is 1. The second kappa shape index (κ2) is 5.88. The van der Waals surface area contributed by atoms with Crippen molar-refractivity contribution in [2.75, 3.05) is 32.1 Å². The van der Waals surface area contributed by atoms with Gasteiger partial charge in [0.05, 0.1) is 5.69 Å². The van der Waals surface area contributed by atoms with Crippen molar-refractivity contribution >= 4 is 5.69 Å². The fourth-order valence-corrected chi connectivity index (χ4v) is 2.74. The Morgan fingerprint density at radius 2 is 2.26 bits per heavy atom. The third-order valence-electron chi connectivity index (χ3n) is 4.06. The topological polar surface area (TPSA) is 32.5 Å². The number of likely N-dealkylation sites (tertiary alicyclic amines) is 1. The van der Waals surface area contributed by atoms with Gasteiger partial charge >= 0.3 is 0 Å². The molecule has 3 nitrogen and oxygen atoms in total. The summed E-state index contributed by atoms with van der Waals surface area (Å²) in [7, 11) is 4.09. The predicted molar refractivity (Wildman–Crippen MR) is 77.9 cm³/mol. The molecule has 0 aliphatic carbocycles. The molecule has 1 aromatic carbocycles. The second-order valence-electron chi connectivity index (χ2n) is 5.66. The van der Waals surface area contributed by atoms with Crippen LogP contribution in [0.2, 0.25) is 0 Å². The molecule has 0 bridgehead atoms. The lowest BCUT2D eigenvalue weighted by Gasteiger charge is -2.27. The molecular formula is C15H24FN3. The van der Waals surface area contributed by atoms with Gasteiger partial charge in [0, 0.05) is 25.7 Å². The van der Waals surface area contributed by atoms with Crippen LogP contribution in [-0.4, -0.2) is 38.1 Å². The van der Waals surface area contributed by atoms with Gasteiger partial charge in [-0.3, -0.25) is 0 Å². The predicted octanol–water partition coefficient (Wildman–Crippen LogP) is 2.38. The van der Waals surface area contributed by atoms with Crippen LogP contribution in [0.25, 0.3) is 0 Å². The largest absolute Gasteiger partial charge is 0.371 e. The Labute approximate surface area is 115 Å². The van der Waals surface area contributed by atoms with Gasteiger partial charge < -0.3 is 15.5 Å². The van der Waals surface area contributed by atoms with Crippen molar-refractivity contribution in [2.24, 2.45) is 5.73 Å². The van der Waals surface area contributed by atoms with E-state index in [1.807, 2.05) is 31.0 Å². The van der Waals surface area contributed by atoms with Crippen molar-refractivity contribution in [3.8, 4) is 0 Å². The number of benzene rings is 1. The Bertz CT molecular complexity index is 433. The summed E-state index contributed by atoms with van der Waals surface area (Å²) in [6, 6.07) is 5.70. The first-order valence-electron chi connectivity index (χ1n) is 6.95. The van der Waals surface area contributed by atoms with E-state index < -0.39 is 0 Å². The molecule has 4 heteroatoms. The van der Waals surface area contributed by atoms with E-state index in [9.17, 15) is 4.39 Å². The van der Waals surface area contributed by atoms with E-state index in [0.717, 1.165) is 18.7 Å². The van der Waals surface area contributed by atoms with Gasteiger partial charge in [0.15, 0.2) is 0 Å². The Kier molecular flexibility index (Phi) is 4.42. The molecule has 1 saturated heterocycles. The zero-order chi connectivity index (χ0) is 14.0. The van der Waals surface area contributed by atoms with Gasteiger partial charge in [-0.1, -0.05) is 6.07 Å². The highest BCUT2D eigenvalue weighted by Gasteiger charge is 2.23. The van der Waals surface area contributed by atoms with Gasteiger partial charge in [0.25, 0.3) is 0 Å². The maximum atomic E-state index is 14.1. The number of nitrogens with two attached hydrogens (primary N) is 1. The first-order chi connectivity index (χ1) is 8.99. The van der Waals surface area contributed by atoms with Crippen LogP contribution in [0, 0.1) is 5.82 Å². The Morgan fingerprint density at radius 1 is 1.53 bits per heavy atom. The molecular weight excluding hydrogens is 241 g/mol. The number of likely N-dealkylation sites (N-methyl/N-ethyl adjacent to an activating group) is 2. The smallest absolute Gasteiger partial charge is 0.146 e. The zero-order valence-electron chi connectivity index (χ0n) is 12.1. The molecule has 1 aromatic rings. The summed E-state index contributed by atoms with van der Waals surface area (Å²) in [4.78, 5) is 4.36. The first-order valence-corrected chi connectivity index (χ1v) is 6.95. The molecule has 1 aliphatic rings. The van der Waals surface area contributed by atoms with Gasteiger partial charge in [-0.2, -0.15) is 0 Å². The summed E-state index contributed by atoms with van der Waals surface area (Å²) in [5, 5.41) is 0. The summed E-state index contributed by atoms with van der Waals surface area (Å²) < 4.78 is 14.1. The minimum atomic E-state index is -0.182. The van der Waals surface area contributed by atoms with Crippen molar-refractivity contribution in [1.29, 1.82) is 0 Å². The van der Waals surface area contributed by atoms with Gasteiger partial charge in [-0.25, -0.2) is 4.39 Å². The van der Waals surface area contributed by atoms with Crippen LogP contribution in [-0.2, 0) is 0 Å². The van der Waals surface area contributed by atoms with Crippen molar-refractivity contribution in [1.82, 2.24) is 4.90 Å². The summed E-state index contributed by atoms with van der Waals surface area (Å²) >= 11 is 0. The Balaban J connectivity index is 2.08. The molecule has 0 radical (unpaired) electrons. The van der Waals surface area contributed by atoms with Crippen LogP contribution in [0.3, 0.4) is 0 Å². The summed E-state index contributed by atoms with van der Waals surface area (Å²) in [5.74, 6) is -0.182. The van der Waals surface area contributed by atoms with Crippen molar-refractivity contribution in [2.45, 2.75) is 31.8 Å². The number of nitrogens with zero attached hydrogens (tertiary/aromatic N) is 2. The third kappa shape index (κ3) is 3.25. The maximum absolute atomic E-state index is 14.1. The lowest BCUT2D eigenvalue weighted by atomic mass is 10.1. The molecule has 106 valence electrons. The third-order valence-corrected chi connectivity index (χ3v) is 4.06. The minimum Gasteiger partial charge on any atom is -0.371 e. The SMILES string of the molecule is C[C@H](N)c1ccc(N(C)CC2CCCN2C)c(F)c1. The molecule has 2 rings (SSSR count). The van der Waals surface area contributed by atoms with Crippen LogP contribution in [0.1, 0.15) is 31.4 Å². The second-order valence-corrected chi connectivity index (χ2v) is 5.66. The maximum Gasteiger partial charge on any atom is 0.146 e. The van der Waals surface area contributed by atoms with E-state index >= 15 is 0 Å². The molecule has 1 heterocycles. The minimum absolute atomic E-state index is 0.130. The zero-order valence-corrected chi connectivity index (χ0v) is 12.1. The van der Waals surface area contributed by atoms with Gasteiger partial charge in [-0.15, -0.1) is 0 Å². The van der Waals surface area contributed by atoms with Crippen LogP contribution in [0.5, 0.6) is 0 Å². The van der Waals surface area contributed by atoms with E-state index in [2.05, 4.69) is 11.9 Å². The average molecular weight is 265 g/mol. The summed E-state index contributed by atoms with van der Waals surface area (Å²) in [6.07, 6.45) is 2.43. The quantitative estimate of drug-likeness (QED) is 0.907. The normalized spacial score (nSPS) is 21.6. The number of halogens is 1. The lowest BCUT2D eigenvalue weighted by molar-refractivity contribution is 0.314. The Hall–Kier alpha value is -1.13. The molecule has 0 saturated carbocycles. The number of hydrogen-bond acceptors (Lipinski definition) is 3. The molecule has 1 fully saturated rings.